The van der Waals surface area contributed by atoms with Gasteiger partial charge in [-0.2, -0.15) is 0 Å². The lowest BCUT2D eigenvalue weighted by Crippen LogP contribution is -2.51. The molecule has 0 spiro atoms. The molecular formula is C20H22FN3O2. The van der Waals surface area contributed by atoms with Crippen LogP contribution in [0.4, 0.5) is 15.8 Å². The van der Waals surface area contributed by atoms with E-state index in [0.29, 0.717) is 25.0 Å². The minimum absolute atomic E-state index is 0.0377. The quantitative estimate of drug-likeness (QED) is 0.885. The summed E-state index contributed by atoms with van der Waals surface area (Å²) in [5, 5.41) is 6.33. The molecule has 136 valence electrons. The number of carbonyl (C=O) groups excluding carboxylic acids is 1. The van der Waals surface area contributed by atoms with Crippen molar-refractivity contribution in [2.75, 3.05) is 36.5 Å². The number of fused-ring (bicyclic) bond motifs is 3. The number of rotatable bonds is 4. The van der Waals surface area contributed by atoms with Gasteiger partial charge in [-0.3, -0.25) is 4.79 Å². The molecule has 0 bridgehead atoms. The normalized spacial score (nSPS) is 19.2. The molecule has 26 heavy (non-hydrogen) atoms. The molecule has 1 saturated heterocycles. The van der Waals surface area contributed by atoms with Gasteiger partial charge in [0.2, 0.25) is 5.91 Å². The minimum Gasteiger partial charge on any atom is -0.493 e. The summed E-state index contributed by atoms with van der Waals surface area (Å²) in [5.41, 5.74) is 2.46. The lowest BCUT2D eigenvalue weighted by molar-refractivity contribution is -0.116. The van der Waals surface area contributed by atoms with Crippen LogP contribution >= 0.6 is 0 Å². The van der Waals surface area contributed by atoms with E-state index in [4.69, 9.17) is 4.74 Å². The van der Waals surface area contributed by atoms with Crippen LogP contribution in [0, 0.1) is 5.82 Å². The molecule has 0 radical (unpaired) electrons. The number of benzene rings is 2. The first-order chi connectivity index (χ1) is 12.7. The van der Waals surface area contributed by atoms with Crippen LogP contribution in [0.5, 0.6) is 5.75 Å². The molecule has 2 aromatic carbocycles. The van der Waals surface area contributed by atoms with Gasteiger partial charge in [0.05, 0.1) is 24.0 Å². The first kappa shape index (κ1) is 16.8. The van der Waals surface area contributed by atoms with Gasteiger partial charge in [-0.05, 0) is 23.8 Å². The summed E-state index contributed by atoms with van der Waals surface area (Å²) in [7, 11) is 0. The van der Waals surface area contributed by atoms with E-state index in [-0.39, 0.29) is 17.8 Å². The number of ether oxygens (including phenoxy) is 1. The molecule has 1 atom stereocenters. The fourth-order valence-corrected chi connectivity index (χ4v) is 3.60. The van der Waals surface area contributed by atoms with Crippen LogP contribution in [0.25, 0.3) is 0 Å². The zero-order valence-corrected chi connectivity index (χ0v) is 14.5. The average Bonchev–Trinajstić information content (AvgIpc) is 2.78. The lowest BCUT2D eigenvalue weighted by atomic mass is 10.1. The van der Waals surface area contributed by atoms with Crippen molar-refractivity contribution in [2.24, 2.45) is 0 Å². The lowest BCUT2D eigenvalue weighted by Gasteiger charge is -2.36. The second kappa shape index (κ2) is 7.33. The van der Waals surface area contributed by atoms with Crippen LogP contribution in [-0.4, -0.2) is 38.2 Å². The van der Waals surface area contributed by atoms with E-state index in [1.165, 1.54) is 6.07 Å². The number of hydrogen-bond acceptors (Lipinski definition) is 4. The summed E-state index contributed by atoms with van der Waals surface area (Å²) < 4.78 is 19.6. The van der Waals surface area contributed by atoms with Gasteiger partial charge in [-0.25, -0.2) is 4.39 Å². The highest BCUT2D eigenvalue weighted by molar-refractivity contribution is 5.97. The maximum Gasteiger partial charge on any atom is 0.226 e. The van der Waals surface area contributed by atoms with Gasteiger partial charge in [0.1, 0.15) is 11.6 Å². The number of halogens is 1. The fourth-order valence-electron chi connectivity index (χ4n) is 3.60. The Kier molecular flexibility index (Phi) is 4.75. The third-order valence-corrected chi connectivity index (χ3v) is 4.92. The van der Waals surface area contributed by atoms with Crippen molar-refractivity contribution in [3.8, 4) is 5.75 Å². The van der Waals surface area contributed by atoms with Crippen molar-refractivity contribution in [2.45, 2.75) is 18.9 Å². The van der Waals surface area contributed by atoms with Gasteiger partial charge in [0.25, 0.3) is 0 Å². The topological polar surface area (TPSA) is 53.6 Å². The molecule has 2 aliphatic rings. The third-order valence-electron chi connectivity index (χ3n) is 4.92. The second-order valence-electron chi connectivity index (χ2n) is 6.67. The van der Waals surface area contributed by atoms with E-state index in [2.05, 4.69) is 15.5 Å². The maximum atomic E-state index is 13.7. The van der Waals surface area contributed by atoms with Crippen molar-refractivity contribution in [1.82, 2.24) is 5.32 Å². The molecule has 0 unspecified atom stereocenters. The first-order valence-corrected chi connectivity index (χ1v) is 8.98. The third kappa shape index (κ3) is 3.51. The molecule has 1 amide bonds. The Balaban J connectivity index is 1.50. The van der Waals surface area contributed by atoms with Crippen molar-refractivity contribution >= 4 is 17.3 Å². The second-order valence-corrected chi connectivity index (χ2v) is 6.67. The smallest absolute Gasteiger partial charge is 0.226 e. The number of nitrogens with zero attached hydrogens (tertiary/aromatic N) is 1. The monoisotopic (exact) mass is 355 g/mol. The van der Waals surface area contributed by atoms with E-state index >= 15 is 0 Å². The summed E-state index contributed by atoms with van der Waals surface area (Å²) in [6.45, 7) is 2.94. The van der Waals surface area contributed by atoms with Crippen LogP contribution in [0.2, 0.25) is 0 Å². The summed E-state index contributed by atoms with van der Waals surface area (Å²) in [6, 6.07) is 12.6. The number of anilines is 2. The Morgan fingerprint density at radius 2 is 2.12 bits per heavy atom. The SMILES string of the molecule is O=C1C[C@H]2CNCCN2c2cc(OCCc3ccccc3F)ccc2N1. The summed E-state index contributed by atoms with van der Waals surface area (Å²) in [5.74, 6) is 0.564. The number of hydrogen-bond donors (Lipinski definition) is 2. The Labute approximate surface area is 152 Å². The molecule has 0 aliphatic carbocycles. The van der Waals surface area contributed by atoms with Crippen molar-refractivity contribution in [3.63, 3.8) is 0 Å². The highest BCUT2D eigenvalue weighted by Gasteiger charge is 2.30. The maximum absolute atomic E-state index is 13.7. The van der Waals surface area contributed by atoms with Crippen molar-refractivity contribution in [1.29, 1.82) is 0 Å². The van der Waals surface area contributed by atoms with Gasteiger partial charge < -0.3 is 20.3 Å². The van der Waals surface area contributed by atoms with Crippen LogP contribution in [0.3, 0.4) is 0 Å². The number of amides is 1. The number of nitrogens with one attached hydrogen (secondary N) is 2. The summed E-state index contributed by atoms with van der Waals surface area (Å²) in [6.07, 6.45) is 0.988. The molecule has 2 heterocycles. The highest BCUT2D eigenvalue weighted by atomic mass is 19.1. The number of piperazine rings is 1. The van der Waals surface area contributed by atoms with E-state index in [9.17, 15) is 9.18 Å². The highest BCUT2D eigenvalue weighted by Crippen LogP contribution is 2.35. The molecule has 2 aromatic rings. The van der Waals surface area contributed by atoms with Crippen molar-refractivity contribution < 1.29 is 13.9 Å². The molecular weight excluding hydrogens is 333 g/mol. The summed E-state index contributed by atoms with van der Waals surface area (Å²) in [4.78, 5) is 14.4. The summed E-state index contributed by atoms with van der Waals surface area (Å²) >= 11 is 0. The van der Waals surface area contributed by atoms with Crippen molar-refractivity contribution in [3.05, 3.63) is 53.8 Å². The largest absolute Gasteiger partial charge is 0.493 e. The molecule has 2 aliphatic heterocycles. The zero-order valence-electron chi connectivity index (χ0n) is 14.5. The molecule has 0 aromatic heterocycles. The Bertz CT molecular complexity index is 811. The van der Waals surface area contributed by atoms with Crippen LogP contribution in [-0.2, 0) is 11.2 Å². The van der Waals surface area contributed by atoms with Crippen LogP contribution in [0.1, 0.15) is 12.0 Å². The van der Waals surface area contributed by atoms with Gasteiger partial charge >= 0.3 is 0 Å². The average molecular weight is 355 g/mol. The standard InChI is InChI=1S/C20H22FN3O2/c21-17-4-2-1-3-14(17)7-10-26-16-5-6-18-19(12-16)24-9-8-22-13-15(24)11-20(25)23-18/h1-6,12,15,22H,7-11,13H2,(H,23,25)/t15-/m0/s1. The van der Waals surface area contributed by atoms with Gasteiger partial charge in [0.15, 0.2) is 0 Å². The predicted molar refractivity (Wildman–Crippen MR) is 99.3 cm³/mol. The van der Waals surface area contributed by atoms with E-state index in [1.807, 2.05) is 24.3 Å². The molecule has 0 saturated carbocycles. The van der Waals surface area contributed by atoms with Crippen LogP contribution in [0.15, 0.2) is 42.5 Å². The zero-order chi connectivity index (χ0) is 17.9. The Morgan fingerprint density at radius 1 is 1.23 bits per heavy atom. The minimum atomic E-state index is -0.204. The van der Waals surface area contributed by atoms with E-state index in [0.717, 1.165) is 36.8 Å². The van der Waals surface area contributed by atoms with Crippen LogP contribution < -0.4 is 20.3 Å². The van der Waals surface area contributed by atoms with Gasteiger partial charge in [0, 0.05) is 38.5 Å². The number of carbonyl (C=O) groups is 1. The van der Waals surface area contributed by atoms with E-state index in [1.54, 1.807) is 12.1 Å². The fraction of sp³-hybridized carbons (Fsp3) is 0.350. The molecule has 4 rings (SSSR count). The molecule has 2 N–H and O–H groups in total. The van der Waals surface area contributed by atoms with E-state index < -0.39 is 0 Å². The predicted octanol–water partition coefficient (Wildman–Crippen LogP) is 2.57. The Hall–Kier alpha value is -2.60. The Morgan fingerprint density at radius 3 is 3.00 bits per heavy atom. The molecule has 5 nitrogen and oxygen atoms in total. The molecule has 1 fully saturated rings. The van der Waals surface area contributed by atoms with Gasteiger partial charge in [-0.15, -0.1) is 0 Å². The molecule has 6 heteroatoms. The first-order valence-electron chi connectivity index (χ1n) is 8.98. The van der Waals surface area contributed by atoms with Gasteiger partial charge in [-0.1, -0.05) is 18.2 Å².